The molecule has 3 rings (SSSR count). The van der Waals surface area contributed by atoms with E-state index < -0.39 is 29.5 Å². The summed E-state index contributed by atoms with van der Waals surface area (Å²) >= 11 is 0. The number of methoxy groups -OCH3 is 1. The SMILES string of the molecule is COc1cc(C(C)NC(=O)CNC(=O)c2cc(F)cc(F)c2)ccc1OCc1ccncc1. The van der Waals surface area contributed by atoms with Crippen LogP contribution in [0.2, 0.25) is 0 Å². The minimum absolute atomic E-state index is 0.208. The van der Waals surface area contributed by atoms with Crippen molar-refractivity contribution in [3.05, 3.63) is 89.2 Å². The lowest BCUT2D eigenvalue weighted by molar-refractivity contribution is -0.120. The molecule has 172 valence electrons. The first-order chi connectivity index (χ1) is 15.9. The molecular formula is C24H23F2N3O4. The van der Waals surface area contributed by atoms with Crippen LogP contribution >= 0.6 is 0 Å². The topological polar surface area (TPSA) is 89.6 Å². The molecule has 0 fully saturated rings. The third kappa shape index (κ3) is 6.73. The van der Waals surface area contributed by atoms with Crippen molar-refractivity contribution in [2.24, 2.45) is 0 Å². The number of rotatable bonds is 9. The van der Waals surface area contributed by atoms with Gasteiger partial charge in [0.05, 0.1) is 19.7 Å². The molecular weight excluding hydrogens is 432 g/mol. The summed E-state index contributed by atoms with van der Waals surface area (Å²) < 4.78 is 37.7. The summed E-state index contributed by atoms with van der Waals surface area (Å²) in [5.41, 5.74) is 1.51. The summed E-state index contributed by atoms with van der Waals surface area (Å²) in [6.45, 7) is 1.76. The maximum Gasteiger partial charge on any atom is 0.251 e. The molecule has 0 bridgehead atoms. The minimum Gasteiger partial charge on any atom is -0.493 e. The predicted octanol–water partition coefficient (Wildman–Crippen LogP) is 3.55. The van der Waals surface area contributed by atoms with Crippen LogP contribution in [0.1, 0.15) is 34.5 Å². The van der Waals surface area contributed by atoms with Crippen molar-refractivity contribution in [3.63, 3.8) is 0 Å². The minimum atomic E-state index is -0.875. The van der Waals surface area contributed by atoms with E-state index in [1.807, 2.05) is 12.1 Å². The van der Waals surface area contributed by atoms with Gasteiger partial charge in [-0.3, -0.25) is 14.6 Å². The lowest BCUT2D eigenvalue weighted by Crippen LogP contribution is -2.38. The Bertz CT molecular complexity index is 1110. The van der Waals surface area contributed by atoms with E-state index in [1.54, 1.807) is 37.5 Å². The molecule has 33 heavy (non-hydrogen) atoms. The third-order valence-corrected chi connectivity index (χ3v) is 4.74. The van der Waals surface area contributed by atoms with Crippen LogP contribution < -0.4 is 20.1 Å². The Balaban J connectivity index is 1.55. The van der Waals surface area contributed by atoms with E-state index in [9.17, 15) is 18.4 Å². The molecule has 0 radical (unpaired) electrons. The number of hydrogen-bond acceptors (Lipinski definition) is 5. The van der Waals surface area contributed by atoms with Crippen LogP contribution in [0.15, 0.2) is 60.9 Å². The number of benzene rings is 2. The van der Waals surface area contributed by atoms with Gasteiger partial charge in [-0.15, -0.1) is 0 Å². The van der Waals surface area contributed by atoms with Gasteiger partial charge in [-0.2, -0.15) is 0 Å². The highest BCUT2D eigenvalue weighted by atomic mass is 19.1. The standard InChI is InChI=1S/C24H23F2N3O4/c1-15(29-23(30)13-28-24(31)18-9-19(25)12-20(26)10-18)17-3-4-21(22(11-17)32-2)33-14-16-5-7-27-8-6-16/h3-12,15H,13-14H2,1-2H3,(H,28,31)(H,29,30). The first-order valence-corrected chi connectivity index (χ1v) is 10.1. The summed E-state index contributed by atoms with van der Waals surface area (Å²) in [6, 6.07) is 11.0. The molecule has 2 N–H and O–H groups in total. The van der Waals surface area contributed by atoms with Gasteiger partial charge >= 0.3 is 0 Å². The van der Waals surface area contributed by atoms with Crippen molar-refractivity contribution in [3.8, 4) is 11.5 Å². The molecule has 0 spiro atoms. The number of aromatic nitrogens is 1. The van der Waals surface area contributed by atoms with Crippen LogP contribution in [-0.2, 0) is 11.4 Å². The lowest BCUT2D eigenvalue weighted by atomic mass is 10.1. The molecule has 0 aliphatic rings. The molecule has 2 amide bonds. The van der Waals surface area contributed by atoms with Gasteiger partial charge in [0.1, 0.15) is 18.2 Å². The van der Waals surface area contributed by atoms with Gasteiger partial charge in [-0.1, -0.05) is 6.07 Å². The number of nitrogens with zero attached hydrogens (tertiary/aromatic N) is 1. The molecule has 1 atom stereocenters. The Hall–Kier alpha value is -4.01. The number of nitrogens with one attached hydrogen (secondary N) is 2. The van der Waals surface area contributed by atoms with Crippen LogP contribution in [-0.4, -0.2) is 30.5 Å². The second-order valence-corrected chi connectivity index (χ2v) is 7.18. The van der Waals surface area contributed by atoms with Crippen molar-refractivity contribution >= 4 is 11.8 Å². The van der Waals surface area contributed by atoms with Crippen LogP contribution in [0.3, 0.4) is 0 Å². The fourth-order valence-electron chi connectivity index (χ4n) is 3.04. The van der Waals surface area contributed by atoms with E-state index in [0.717, 1.165) is 23.3 Å². The van der Waals surface area contributed by atoms with Gasteiger partial charge in [-0.05, 0) is 54.4 Å². The number of ether oxygens (including phenoxy) is 2. The number of amides is 2. The molecule has 0 saturated heterocycles. The Morgan fingerprint density at radius 1 is 1.00 bits per heavy atom. The van der Waals surface area contributed by atoms with E-state index >= 15 is 0 Å². The first-order valence-electron chi connectivity index (χ1n) is 10.1. The molecule has 1 aromatic heterocycles. The molecule has 3 aromatic rings. The molecule has 9 heteroatoms. The van der Waals surface area contributed by atoms with Gasteiger partial charge in [0.15, 0.2) is 11.5 Å². The molecule has 0 aliphatic carbocycles. The second-order valence-electron chi connectivity index (χ2n) is 7.18. The zero-order chi connectivity index (χ0) is 23.8. The van der Waals surface area contributed by atoms with Crippen molar-refractivity contribution in [1.82, 2.24) is 15.6 Å². The van der Waals surface area contributed by atoms with Gasteiger partial charge in [0, 0.05) is 24.0 Å². The summed E-state index contributed by atoms with van der Waals surface area (Å²) in [6.07, 6.45) is 3.37. The lowest BCUT2D eigenvalue weighted by Gasteiger charge is -2.17. The molecule has 0 saturated carbocycles. The second kappa shape index (κ2) is 11.0. The highest BCUT2D eigenvalue weighted by Gasteiger charge is 2.15. The van der Waals surface area contributed by atoms with Crippen LogP contribution in [0.4, 0.5) is 8.78 Å². The molecule has 7 nitrogen and oxygen atoms in total. The van der Waals surface area contributed by atoms with Gasteiger partial charge < -0.3 is 20.1 Å². The Morgan fingerprint density at radius 2 is 1.70 bits per heavy atom. The first kappa shape index (κ1) is 23.6. The normalized spacial score (nSPS) is 11.4. The highest BCUT2D eigenvalue weighted by molar-refractivity contribution is 5.96. The van der Waals surface area contributed by atoms with E-state index in [4.69, 9.17) is 9.47 Å². The van der Waals surface area contributed by atoms with Gasteiger partial charge in [0.25, 0.3) is 5.91 Å². The Kier molecular flexibility index (Phi) is 7.91. The fraction of sp³-hybridized carbons (Fsp3) is 0.208. The third-order valence-electron chi connectivity index (χ3n) is 4.74. The maximum atomic E-state index is 13.3. The van der Waals surface area contributed by atoms with E-state index in [2.05, 4.69) is 15.6 Å². The Labute approximate surface area is 189 Å². The molecule has 1 heterocycles. The number of carbonyl (C=O) groups excluding carboxylic acids is 2. The molecule has 1 unspecified atom stereocenters. The van der Waals surface area contributed by atoms with Crippen molar-refractivity contribution in [2.45, 2.75) is 19.6 Å². The van der Waals surface area contributed by atoms with Crippen LogP contribution in [0.25, 0.3) is 0 Å². The van der Waals surface area contributed by atoms with Gasteiger partial charge in [-0.25, -0.2) is 8.78 Å². The smallest absolute Gasteiger partial charge is 0.251 e. The average molecular weight is 455 g/mol. The zero-order valence-corrected chi connectivity index (χ0v) is 18.1. The molecule has 0 aliphatic heterocycles. The summed E-state index contributed by atoms with van der Waals surface area (Å²) in [4.78, 5) is 28.2. The number of pyridine rings is 1. The van der Waals surface area contributed by atoms with Crippen molar-refractivity contribution in [2.75, 3.05) is 13.7 Å². The Morgan fingerprint density at radius 3 is 2.36 bits per heavy atom. The molecule has 2 aromatic carbocycles. The zero-order valence-electron chi connectivity index (χ0n) is 18.1. The number of halogens is 2. The predicted molar refractivity (Wildman–Crippen MR) is 117 cm³/mol. The van der Waals surface area contributed by atoms with Crippen LogP contribution in [0, 0.1) is 11.6 Å². The van der Waals surface area contributed by atoms with E-state index in [1.165, 1.54) is 7.11 Å². The van der Waals surface area contributed by atoms with Crippen LogP contribution in [0.5, 0.6) is 11.5 Å². The monoisotopic (exact) mass is 455 g/mol. The average Bonchev–Trinajstić information content (AvgIpc) is 2.81. The summed E-state index contributed by atoms with van der Waals surface area (Å²) in [7, 11) is 1.52. The quantitative estimate of drug-likeness (QED) is 0.515. The van der Waals surface area contributed by atoms with E-state index in [-0.39, 0.29) is 12.1 Å². The van der Waals surface area contributed by atoms with Crippen molar-refractivity contribution < 1.29 is 27.8 Å². The fourth-order valence-corrected chi connectivity index (χ4v) is 3.04. The summed E-state index contributed by atoms with van der Waals surface area (Å²) in [5, 5.41) is 5.09. The van der Waals surface area contributed by atoms with Gasteiger partial charge in [0.2, 0.25) is 5.91 Å². The number of carbonyl (C=O) groups is 2. The maximum absolute atomic E-state index is 13.3. The van der Waals surface area contributed by atoms with Crippen molar-refractivity contribution in [1.29, 1.82) is 0 Å². The highest BCUT2D eigenvalue weighted by Crippen LogP contribution is 2.31. The largest absolute Gasteiger partial charge is 0.493 e. The van der Waals surface area contributed by atoms with E-state index in [0.29, 0.717) is 24.2 Å². The summed E-state index contributed by atoms with van der Waals surface area (Å²) in [5.74, 6) is -1.92. The number of hydrogen-bond donors (Lipinski definition) is 2.